The van der Waals surface area contributed by atoms with Gasteiger partial charge in [-0.1, -0.05) is 18.9 Å². The molecule has 0 radical (unpaired) electrons. The van der Waals surface area contributed by atoms with Crippen molar-refractivity contribution < 1.29 is 18.7 Å². The zero-order valence-electron chi connectivity index (χ0n) is 22.3. The molecule has 3 N–H and O–H groups in total. The number of furan rings is 1. The van der Waals surface area contributed by atoms with Crippen LogP contribution in [-0.2, 0) is 17.6 Å². The number of carbonyl (C=O) groups excluding carboxylic acids is 2. The molecule has 0 unspecified atom stereocenters. The largest absolute Gasteiger partial charge is 0.465 e. The van der Waals surface area contributed by atoms with E-state index in [9.17, 15) is 9.59 Å². The summed E-state index contributed by atoms with van der Waals surface area (Å²) in [6.07, 6.45) is 9.86. The molecule has 0 saturated heterocycles. The van der Waals surface area contributed by atoms with E-state index in [2.05, 4.69) is 29.8 Å². The zero-order valence-corrected chi connectivity index (χ0v) is 23.1. The maximum atomic E-state index is 13.2. The van der Waals surface area contributed by atoms with Crippen molar-refractivity contribution in [3.05, 3.63) is 56.9 Å². The van der Waals surface area contributed by atoms with E-state index >= 15 is 0 Å². The smallest absolute Gasteiger partial charge is 0.341 e. The SMILES string of the molecule is CCCCC1=C(/C(CNC(=O)Nc2sc3c(c2C(=O)OCC)CCCC3)=C(\C)c2ccco2)CCNC1. The molecule has 37 heavy (non-hydrogen) atoms. The number of ether oxygens (including phenoxy) is 1. The van der Waals surface area contributed by atoms with Crippen LogP contribution in [0.1, 0.15) is 85.9 Å². The highest BCUT2D eigenvalue weighted by molar-refractivity contribution is 7.17. The summed E-state index contributed by atoms with van der Waals surface area (Å²) in [5.74, 6) is 0.459. The van der Waals surface area contributed by atoms with Gasteiger partial charge in [-0.3, -0.25) is 5.32 Å². The minimum absolute atomic E-state index is 0.305. The van der Waals surface area contributed by atoms with E-state index in [-0.39, 0.29) is 12.0 Å². The molecule has 1 aliphatic carbocycles. The maximum Gasteiger partial charge on any atom is 0.341 e. The fraction of sp³-hybridized carbons (Fsp3) is 0.517. The van der Waals surface area contributed by atoms with Gasteiger partial charge in [-0.25, -0.2) is 9.59 Å². The molecule has 200 valence electrons. The van der Waals surface area contributed by atoms with Crippen LogP contribution in [0.4, 0.5) is 9.80 Å². The number of anilines is 1. The fourth-order valence-corrected chi connectivity index (χ4v) is 6.50. The van der Waals surface area contributed by atoms with Crippen LogP contribution in [0, 0.1) is 0 Å². The Labute approximate surface area is 223 Å². The summed E-state index contributed by atoms with van der Waals surface area (Å²) >= 11 is 1.50. The average Bonchev–Trinajstić information content (AvgIpc) is 3.56. The predicted molar refractivity (Wildman–Crippen MR) is 149 cm³/mol. The molecule has 7 nitrogen and oxygen atoms in total. The summed E-state index contributed by atoms with van der Waals surface area (Å²) in [7, 11) is 0. The quantitative estimate of drug-likeness (QED) is 0.309. The lowest BCUT2D eigenvalue weighted by molar-refractivity contribution is 0.0526. The van der Waals surface area contributed by atoms with E-state index in [1.807, 2.05) is 12.1 Å². The first kappa shape index (κ1) is 27.2. The number of unbranched alkanes of at least 4 members (excludes halogenated alkanes) is 1. The average molecular weight is 526 g/mol. The Hall–Kier alpha value is -2.84. The Kier molecular flexibility index (Phi) is 9.63. The number of esters is 1. The van der Waals surface area contributed by atoms with Gasteiger partial charge >= 0.3 is 12.0 Å². The number of allylic oxidation sites excluding steroid dienone is 1. The maximum absolute atomic E-state index is 13.2. The van der Waals surface area contributed by atoms with Crippen molar-refractivity contribution in [3.63, 3.8) is 0 Å². The molecule has 0 aromatic carbocycles. The van der Waals surface area contributed by atoms with Crippen LogP contribution >= 0.6 is 11.3 Å². The van der Waals surface area contributed by atoms with Gasteiger partial charge < -0.3 is 19.8 Å². The Morgan fingerprint density at radius 2 is 2.03 bits per heavy atom. The molecule has 0 atom stereocenters. The van der Waals surface area contributed by atoms with Gasteiger partial charge in [0.25, 0.3) is 0 Å². The van der Waals surface area contributed by atoms with Crippen LogP contribution in [-0.4, -0.2) is 38.2 Å². The van der Waals surface area contributed by atoms with E-state index in [0.29, 0.717) is 23.7 Å². The van der Waals surface area contributed by atoms with E-state index < -0.39 is 0 Å². The lowest BCUT2D eigenvalue weighted by atomic mass is 9.88. The van der Waals surface area contributed by atoms with Crippen molar-refractivity contribution in [1.82, 2.24) is 10.6 Å². The van der Waals surface area contributed by atoms with Crippen molar-refractivity contribution in [2.24, 2.45) is 0 Å². The molecule has 0 fully saturated rings. The van der Waals surface area contributed by atoms with E-state index in [1.165, 1.54) is 27.4 Å². The van der Waals surface area contributed by atoms with Crippen molar-refractivity contribution in [2.45, 2.75) is 72.1 Å². The fourth-order valence-electron chi connectivity index (χ4n) is 5.23. The highest BCUT2D eigenvalue weighted by atomic mass is 32.1. The number of thiophene rings is 1. The molecule has 2 amide bonds. The highest BCUT2D eigenvalue weighted by Crippen LogP contribution is 2.38. The molecular formula is C29H39N3O4S. The van der Waals surface area contributed by atoms with Crippen LogP contribution in [0.2, 0.25) is 0 Å². The van der Waals surface area contributed by atoms with E-state index in [0.717, 1.165) is 86.9 Å². The molecule has 2 aromatic rings. The van der Waals surface area contributed by atoms with Crippen molar-refractivity contribution in [3.8, 4) is 0 Å². The topological polar surface area (TPSA) is 92.6 Å². The van der Waals surface area contributed by atoms with Crippen LogP contribution in [0.25, 0.3) is 5.57 Å². The predicted octanol–water partition coefficient (Wildman–Crippen LogP) is 6.47. The number of hydrogen-bond donors (Lipinski definition) is 3. The lowest BCUT2D eigenvalue weighted by Crippen LogP contribution is -2.33. The van der Waals surface area contributed by atoms with Crippen molar-refractivity contribution >= 4 is 33.9 Å². The van der Waals surface area contributed by atoms with Gasteiger partial charge in [0.1, 0.15) is 10.8 Å². The molecule has 1 aliphatic heterocycles. The minimum Gasteiger partial charge on any atom is -0.465 e. The normalized spacial score (nSPS) is 16.2. The summed E-state index contributed by atoms with van der Waals surface area (Å²) in [6, 6.07) is 3.53. The first-order valence-corrected chi connectivity index (χ1v) is 14.4. The molecule has 4 rings (SSSR count). The van der Waals surface area contributed by atoms with Gasteiger partial charge in [-0.15, -0.1) is 11.3 Å². The molecular weight excluding hydrogens is 486 g/mol. The highest BCUT2D eigenvalue weighted by Gasteiger charge is 2.27. The first-order valence-electron chi connectivity index (χ1n) is 13.6. The second-order valence-electron chi connectivity index (χ2n) is 9.64. The van der Waals surface area contributed by atoms with Gasteiger partial charge in [-0.2, -0.15) is 0 Å². The summed E-state index contributed by atoms with van der Waals surface area (Å²) in [4.78, 5) is 27.1. The molecule has 0 bridgehead atoms. The third kappa shape index (κ3) is 6.54. The van der Waals surface area contributed by atoms with Gasteiger partial charge in [-0.05, 0) is 99.8 Å². The number of amides is 2. The lowest BCUT2D eigenvalue weighted by Gasteiger charge is -2.25. The molecule has 2 aliphatic rings. The van der Waals surface area contributed by atoms with Crippen molar-refractivity contribution in [1.29, 1.82) is 0 Å². The molecule has 2 aromatic heterocycles. The van der Waals surface area contributed by atoms with E-state index in [1.54, 1.807) is 13.2 Å². The standard InChI is InChI=1S/C29H39N3O4S/c1-4-6-10-20-17-30-15-14-21(20)23(19(3)24-12-9-16-36-24)18-31-29(34)32-27-26(28(33)35-5-2)22-11-7-8-13-25(22)37-27/h9,12,16,30H,4-8,10-11,13-15,17-18H2,1-3H3,(H2,31,32,34)/b23-19+. The molecule has 0 saturated carbocycles. The third-order valence-electron chi connectivity index (χ3n) is 7.16. The second-order valence-corrected chi connectivity index (χ2v) is 10.7. The monoisotopic (exact) mass is 525 g/mol. The summed E-state index contributed by atoms with van der Waals surface area (Å²) in [5.41, 5.74) is 6.44. The Balaban J connectivity index is 1.57. The van der Waals surface area contributed by atoms with Crippen molar-refractivity contribution in [2.75, 3.05) is 31.6 Å². The van der Waals surface area contributed by atoms with Crippen LogP contribution in [0.15, 0.2) is 39.5 Å². The number of aryl methyl sites for hydroxylation is 1. The number of hydrogen-bond acceptors (Lipinski definition) is 6. The van der Waals surface area contributed by atoms with Crippen LogP contribution in [0.3, 0.4) is 0 Å². The Morgan fingerprint density at radius 3 is 2.78 bits per heavy atom. The minimum atomic E-state index is -0.355. The molecule has 8 heteroatoms. The third-order valence-corrected chi connectivity index (χ3v) is 8.37. The number of fused-ring (bicyclic) bond motifs is 1. The van der Waals surface area contributed by atoms with Crippen LogP contribution in [0.5, 0.6) is 0 Å². The summed E-state index contributed by atoms with van der Waals surface area (Å²) in [5, 5.41) is 10.1. The van der Waals surface area contributed by atoms with Gasteiger partial charge in [0.15, 0.2) is 0 Å². The summed E-state index contributed by atoms with van der Waals surface area (Å²) in [6.45, 7) is 8.54. The second kappa shape index (κ2) is 13.1. The van der Waals surface area contributed by atoms with Gasteiger partial charge in [0.05, 0.1) is 18.4 Å². The number of carbonyl (C=O) groups is 2. The van der Waals surface area contributed by atoms with Gasteiger partial charge in [0.2, 0.25) is 0 Å². The molecule has 3 heterocycles. The van der Waals surface area contributed by atoms with E-state index in [4.69, 9.17) is 9.15 Å². The first-order chi connectivity index (χ1) is 18.0. The Bertz CT molecular complexity index is 1160. The van der Waals surface area contributed by atoms with Crippen LogP contribution < -0.4 is 16.0 Å². The summed E-state index contributed by atoms with van der Waals surface area (Å²) < 4.78 is 11.1. The Morgan fingerprint density at radius 1 is 1.19 bits per heavy atom. The number of rotatable bonds is 10. The number of nitrogens with one attached hydrogen (secondary N) is 3. The molecule has 0 spiro atoms. The number of urea groups is 1. The zero-order chi connectivity index (χ0) is 26.2. The van der Waals surface area contributed by atoms with Gasteiger partial charge in [0, 0.05) is 18.0 Å².